The van der Waals surface area contributed by atoms with Crippen molar-refractivity contribution in [2.75, 3.05) is 50.8 Å². The summed E-state index contributed by atoms with van der Waals surface area (Å²) in [7, 11) is 0. The molecule has 0 bridgehead atoms. The number of aromatic nitrogens is 4. The van der Waals surface area contributed by atoms with Gasteiger partial charge in [-0.25, -0.2) is 15.9 Å². The number of halogens is 1. The molecular weight excluding hydrogens is 559 g/mol. The molecular formula is C33H37FN8O2. The number of aryl methyl sites for hydroxylation is 1. The van der Waals surface area contributed by atoms with Crippen LogP contribution >= 0.6 is 0 Å². The second-order valence-corrected chi connectivity index (χ2v) is 12.4. The fourth-order valence-corrected chi connectivity index (χ4v) is 7.73. The number of nitrogens with zero attached hydrogens (tertiary/aromatic N) is 8. The van der Waals surface area contributed by atoms with Crippen molar-refractivity contribution >= 4 is 22.8 Å². The zero-order valence-corrected chi connectivity index (χ0v) is 25.0. The van der Waals surface area contributed by atoms with E-state index in [0.717, 1.165) is 75.6 Å². The van der Waals surface area contributed by atoms with E-state index >= 15 is 4.39 Å². The largest absolute Gasteiger partial charge is 0.461 e. The van der Waals surface area contributed by atoms with Gasteiger partial charge in [-0.3, -0.25) is 14.7 Å². The van der Waals surface area contributed by atoms with Crippen molar-refractivity contribution in [3.63, 3.8) is 0 Å². The summed E-state index contributed by atoms with van der Waals surface area (Å²) in [5, 5.41) is 0.475. The van der Waals surface area contributed by atoms with Crippen LogP contribution in [-0.2, 0) is 17.6 Å². The number of hydrogen-bond acceptors (Lipinski definition) is 8. The number of ether oxygens (including phenoxy) is 1. The van der Waals surface area contributed by atoms with Gasteiger partial charge in [-0.05, 0) is 87.7 Å². The smallest absolute Gasteiger partial charge is 0.320 e. The Balaban J connectivity index is 1.30. The van der Waals surface area contributed by atoms with E-state index in [1.54, 1.807) is 11.1 Å². The van der Waals surface area contributed by atoms with E-state index in [0.29, 0.717) is 48.7 Å². The maximum Gasteiger partial charge on any atom is 0.320 e. The minimum atomic E-state index is -0.457. The minimum Gasteiger partial charge on any atom is -0.461 e. The number of amides is 1. The highest BCUT2D eigenvalue weighted by Gasteiger charge is 2.45. The summed E-state index contributed by atoms with van der Waals surface area (Å²) in [6, 6.07) is 1.33. The number of pyridine rings is 2. The van der Waals surface area contributed by atoms with Gasteiger partial charge < -0.3 is 19.4 Å². The third kappa shape index (κ3) is 5.05. The fraction of sp³-hybridized carbons (Fsp3) is 0.515. The van der Waals surface area contributed by atoms with Crippen LogP contribution in [0.1, 0.15) is 49.7 Å². The Morgan fingerprint density at radius 3 is 2.73 bits per heavy atom. The van der Waals surface area contributed by atoms with E-state index in [4.69, 9.17) is 26.3 Å². The van der Waals surface area contributed by atoms with Crippen molar-refractivity contribution in [3.05, 3.63) is 59.5 Å². The molecule has 0 unspecified atom stereocenters. The lowest BCUT2D eigenvalue weighted by Crippen LogP contribution is -2.56. The molecule has 0 aromatic carbocycles. The topological polar surface area (TPSA) is 91.9 Å². The lowest BCUT2D eigenvalue weighted by molar-refractivity contribution is -0.128. The van der Waals surface area contributed by atoms with Crippen molar-refractivity contribution in [3.8, 4) is 17.3 Å². The van der Waals surface area contributed by atoms with Gasteiger partial charge in [0.05, 0.1) is 10.9 Å². The number of carbonyl (C=O) groups excluding carboxylic acids is 1. The van der Waals surface area contributed by atoms with Gasteiger partial charge in [0.25, 0.3) is 0 Å². The highest BCUT2D eigenvalue weighted by Crippen LogP contribution is 2.40. The Kier molecular flexibility index (Phi) is 7.62. The molecule has 3 aliphatic heterocycles. The molecule has 7 rings (SSSR count). The first kappa shape index (κ1) is 28.6. The lowest BCUT2D eigenvalue weighted by atomic mass is 9.89. The monoisotopic (exact) mass is 596 g/mol. The van der Waals surface area contributed by atoms with Crippen LogP contribution in [0.3, 0.4) is 0 Å². The maximum atomic E-state index is 16.0. The summed E-state index contributed by atoms with van der Waals surface area (Å²) in [6.07, 6.45) is 13.3. The summed E-state index contributed by atoms with van der Waals surface area (Å²) in [4.78, 5) is 41.2. The lowest BCUT2D eigenvalue weighted by Gasteiger charge is -2.39. The molecule has 228 valence electrons. The van der Waals surface area contributed by atoms with Gasteiger partial charge in [0.1, 0.15) is 30.0 Å². The third-order valence-electron chi connectivity index (χ3n) is 9.95. The Morgan fingerprint density at radius 2 is 1.93 bits per heavy atom. The third-order valence-corrected chi connectivity index (χ3v) is 9.95. The van der Waals surface area contributed by atoms with Crippen molar-refractivity contribution < 1.29 is 13.9 Å². The van der Waals surface area contributed by atoms with Crippen LogP contribution < -0.4 is 9.64 Å². The van der Waals surface area contributed by atoms with Crippen molar-refractivity contribution in [2.24, 2.45) is 0 Å². The molecule has 3 saturated heterocycles. The van der Waals surface area contributed by atoms with Gasteiger partial charge >= 0.3 is 6.01 Å². The summed E-state index contributed by atoms with van der Waals surface area (Å²) in [5.41, 5.74) is 3.57. The van der Waals surface area contributed by atoms with E-state index in [1.165, 1.54) is 12.1 Å². The SMILES string of the molecule is [C-]#[N+]C[C@H]1CN(c2nc(OCC34CCCN3CCC4)nc3nc(-c4cncc5c4CCCC5)c(F)cc23)CCN1C(=O)C=C. The molecule has 0 spiro atoms. The van der Waals surface area contributed by atoms with Crippen LogP contribution in [0.2, 0.25) is 0 Å². The molecule has 10 nitrogen and oxygen atoms in total. The van der Waals surface area contributed by atoms with E-state index in [9.17, 15) is 4.79 Å². The number of hydrogen-bond donors (Lipinski definition) is 0. The van der Waals surface area contributed by atoms with Gasteiger partial charge in [-0.1, -0.05) is 6.58 Å². The van der Waals surface area contributed by atoms with Gasteiger partial charge in [-0.15, -0.1) is 0 Å². The summed E-state index contributed by atoms with van der Waals surface area (Å²) >= 11 is 0. The van der Waals surface area contributed by atoms with Crippen LogP contribution in [0.25, 0.3) is 27.1 Å². The van der Waals surface area contributed by atoms with Crippen molar-refractivity contribution in [1.29, 1.82) is 0 Å². The first-order chi connectivity index (χ1) is 21.5. The Morgan fingerprint density at radius 1 is 1.11 bits per heavy atom. The molecule has 4 aliphatic rings. The zero-order chi connectivity index (χ0) is 30.3. The molecule has 3 aromatic heterocycles. The molecule has 11 heteroatoms. The molecule has 3 aromatic rings. The normalized spacial score (nSPS) is 21.1. The summed E-state index contributed by atoms with van der Waals surface area (Å²) in [6.45, 7) is 15.1. The first-order valence-electron chi connectivity index (χ1n) is 15.7. The van der Waals surface area contributed by atoms with Crippen LogP contribution in [0, 0.1) is 12.4 Å². The molecule has 0 radical (unpaired) electrons. The van der Waals surface area contributed by atoms with Crippen molar-refractivity contribution in [2.45, 2.75) is 62.9 Å². The van der Waals surface area contributed by atoms with E-state index in [-0.39, 0.29) is 35.7 Å². The molecule has 44 heavy (non-hydrogen) atoms. The predicted molar refractivity (Wildman–Crippen MR) is 165 cm³/mol. The van der Waals surface area contributed by atoms with Gasteiger partial charge in [0.15, 0.2) is 5.65 Å². The molecule has 1 aliphatic carbocycles. The number of piperazine rings is 1. The number of carbonyl (C=O) groups is 1. The second kappa shape index (κ2) is 11.7. The Labute approximate surface area is 256 Å². The average molecular weight is 597 g/mol. The van der Waals surface area contributed by atoms with Crippen LogP contribution in [0.4, 0.5) is 10.2 Å². The standard InChI is InChI=1S/C33H37FN8O2/c1-3-28(43)42-15-14-40(20-23(42)18-35-2)31-25-16-27(34)29(26-19-36-17-22-8-4-5-9-24(22)26)37-30(25)38-32(39-31)44-21-33-10-6-12-41(33)13-7-11-33/h3,16-17,19,23H,1,4-15,18,20-21H2/t23-/m0/s1. The zero-order valence-electron chi connectivity index (χ0n) is 25.0. The highest BCUT2D eigenvalue weighted by atomic mass is 19.1. The molecule has 0 N–H and O–H groups in total. The van der Waals surface area contributed by atoms with Gasteiger partial charge in [-0.2, -0.15) is 9.97 Å². The first-order valence-corrected chi connectivity index (χ1v) is 15.7. The quantitative estimate of drug-likeness (QED) is 0.296. The van der Waals surface area contributed by atoms with Gasteiger partial charge in [0, 0.05) is 37.6 Å². The average Bonchev–Trinajstić information content (AvgIpc) is 3.64. The summed E-state index contributed by atoms with van der Waals surface area (Å²) in [5.74, 6) is -0.158. The highest BCUT2D eigenvalue weighted by molar-refractivity contribution is 5.90. The minimum absolute atomic E-state index is 0.00599. The predicted octanol–water partition coefficient (Wildman–Crippen LogP) is 4.23. The van der Waals surface area contributed by atoms with Crippen LogP contribution in [0.15, 0.2) is 31.1 Å². The van der Waals surface area contributed by atoms with Crippen molar-refractivity contribution in [1.82, 2.24) is 29.7 Å². The fourth-order valence-electron chi connectivity index (χ4n) is 7.73. The van der Waals surface area contributed by atoms with Gasteiger partial charge in [0.2, 0.25) is 12.5 Å². The molecule has 0 saturated carbocycles. The number of rotatable bonds is 7. The van der Waals surface area contributed by atoms with E-state index in [2.05, 4.69) is 21.3 Å². The van der Waals surface area contributed by atoms with Crippen LogP contribution in [-0.4, -0.2) is 93.1 Å². The van der Waals surface area contributed by atoms with Crippen LogP contribution in [0.5, 0.6) is 6.01 Å². The number of fused-ring (bicyclic) bond motifs is 3. The molecule has 6 heterocycles. The second-order valence-electron chi connectivity index (χ2n) is 12.4. The number of anilines is 1. The van der Waals surface area contributed by atoms with E-state index in [1.807, 2.05) is 11.1 Å². The Bertz CT molecular complexity index is 1640. The molecule has 3 fully saturated rings. The molecule has 1 atom stereocenters. The molecule has 1 amide bonds. The maximum absolute atomic E-state index is 16.0. The Hall–Kier alpha value is -4.17. The summed E-state index contributed by atoms with van der Waals surface area (Å²) < 4.78 is 22.4. The van der Waals surface area contributed by atoms with E-state index < -0.39 is 5.82 Å².